The molecule has 1 fully saturated rings. The van der Waals surface area contributed by atoms with Gasteiger partial charge in [0.1, 0.15) is 0 Å². The molecule has 1 nitrogen and oxygen atoms in total. The normalized spacial score (nSPS) is 19.3. The number of hydrogen-bond donors (Lipinski definition) is 1. The summed E-state index contributed by atoms with van der Waals surface area (Å²) in [5.41, 5.74) is 2.03. The molecule has 0 aliphatic heterocycles. The molecular formula is C12H19NS. The molecule has 2 rings (SSSR count). The van der Waals surface area contributed by atoms with Gasteiger partial charge in [-0.3, -0.25) is 0 Å². The van der Waals surface area contributed by atoms with E-state index in [1.165, 1.54) is 36.2 Å². The highest BCUT2D eigenvalue weighted by Gasteiger charge is 2.30. The van der Waals surface area contributed by atoms with E-state index in [2.05, 4.69) is 30.6 Å². The van der Waals surface area contributed by atoms with E-state index in [1.54, 1.807) is 0 Å². The third-order valence-electron chi connectivity index (χ3n) is 3.37. The second-order valence-electron chi connectivity index (χ2n) is 4.79. The third-order valence-corrected chi connectivity index (χ3v) is 4.39. The lowest BCUT2D eigenvalue weighted by Crippen LogP contribution is -2.36. The topological polar surface area (TPSA) is 12.0 Å². The third kappa shape index (κ3) is 2.18. The average Bonchev–Trinajstić information content (AvgIpc) is 2.49. The van der Waals surface area contributed by atoms with Crippen molar-refractivity contribution in [2.75, 3.05) is 6.54 Å². The van der Waals surface area contributed by atoms with Gasteiger partial charge in [-0.05, 0) is 42.2 Å². The molecule has 1 saturated carbocycles. The molecule has 0 saturated heterocycles. The van der Waals surface area contributed by atoms with Crippen LogP contribution in [0, 0.1) is 12.3 Å². The van der Waals surface area contributed by atoms with Crippen LogP contribution in [0.4, 0.5) is 0 Å². The van der Waals surface area contributed by atoms with Gasteiger partial charge in [0.05, 0.1) is 0 Å². The molecule has 1 aromatic rings. The SMILES string of the molecule is Cc1ccsc1CNCC1(C)CCC1. The molecule has 1 aromatic heterocycles. The predicted molar refractivity (Wildman–Crippen MR) is 62.7 cm³/mol. The fraction of sp³-hybridized carbons (Fsp3) is 0.667. The zero-order valence-corrected chi connectivity index (χ0v) is 9.91. The first kappa shape index (κ1) is 10.2. The van der Waals surface area contributed by atoms with E-state index < -0.39 is 0 Å². The average molecular weight is 209 g/mol. The number of hydrogen-bond acceptors (Lipinski definition) is 2. The standard InChI is InChI=1S/C12H19NS/c1-10-4-7-14-11(10)8-13-9-12(2)5-3-6-12/h4,7,13H,3,5-6,8-9H2,1-2H3. The van der Waals surface area contributed by atoms with E-state index in [-0.39, 0.29) is 0 Å². The van der Waals surface area contributed by atoms with E-state index in [0.29, 0.717) is 5.41 Å². The summed E-state index contributed by atoms with van der Waals surface area (Å²) in [6, 6.07) is 2.20. The predicted octanol–water partition coefficient (Wildman–Crippen LogP) is 3.34. The van der Waals surface area contributed by atoms with E-state index >= 15 is 0 Å². The van der Waals surface area contributed by atoms with Crippen LogP contribution in [0.5, 0.6) is 0 Å². The quantitative estimate of drug-likeness (QED) is 0.802. The van der Waals surface area contributed by atoms with Gasteiger partial charge in [-0.2, -0.15) is 0 Å². The molecule has 0 bridgehead atoms. The Kier molecular flexibility index (Phi) is 2.93. The Labute approximate surface area is 90.5 Å². The van der Waals surface area contributed by atoms with Crippen molar-refractivity contribution < 1.29 is 0 Å². The summed E-state index contributed by atoms with van der Waals surface area (Å²) >= 11 is 1.86. The lowest BCUT2D eigenvalue weighted by Gasteiger charge is -2.38. The van der Waals surface area contributed by atoms with Crippen LogP contribution < -0.4 is 5.32 Å². The van der Waals surface area contributed by atoms with Gasteiger partial charge in [-0.25, -0.2) is 0 Å². The zero-order chi connectivity index (χ0) is 10.0. The Morgan fingerprint density at radius 2 is 2.29 bits per heavy atom. The van der Waals surface area contributed by atoms with Crippen LogP contribution >= 0.6 is 11.3 Å². The van der Waals surface area contributed by atoms with Crippen molar-refractivity contribution in [3.05, 3.63) is 21.9 Å². The molecule has 1 aliphatic carbocycles. The minimum absolute atomic E-state index is 0.602. The maximum Gasteiger partial charge on any atom is 0.0302 e. The Morgan fingerprint density at radius 1 is 1.50 bits per heavy atom. The summed E-state index contributed by atoms with van der Waals surface area (Å²) in [5, 5.41) is 5.76. The molecule has 1 heterocycles. The molecule has 0 atom stereocenters. The molecular weight excluding hydrogens is 190 g/mol. The van der Waals surface area contributed by atoms with Crippen LogP contribution in [0.2, 0.25) is 0 Å². The minimum Gasteiger partial charge on any atom is -0.311 e. The summed E-state index contributed by atoms with van der Waals surface area (Å²) < 4.78 is 0. The highest BCUT2D eigenvalue weighted by molar-refractivity contribution is 7.10. The summed E-state index contributed by atoms with van der Waals surface area (Å²) in [6.45, 7) is 6.83. The zero-order valence-electron chi connectivity index (χ0n) is 9.10. The first-order valence-corrected chi connectivity index (χ1v) is 6.31. The van der Waals surface area contributed by atoms with Crippen LogP contribution in [0.3, 0.4) is 0 Å². The fourth-order valence-electron chi connectivity index (χ4n) is 2.02. The lowest BCUT2D eigenvalue weighted by molar-refractivity contribution is 0.156. The Morgan fingerprint density at radius 3 is 2.79 bits per heavy atom. The molecule has 0 aromatic carbocycles. The molecule has 0 spiro atoms. The van der Waals surface area contributed by atoms with Crippen molar-refractivity contribution in [1.82, 2.24) is 5.32 Å². The van der Waals surface area contributed by atoms with E-state index in [4.69, 9.17) is 0 Å². The molecule has 1 aliphatic rings. The first-order chi connectivity index (χ1) is 6.70. The number of rotatable bonds is 4. The highest BCUT2D eigenvalue weighted by Crippen LogP contribution is 2.39. The van der Waals surface area contributed by atoms with E-state index in [9.17, 15) is 0 Å². The maximum atomic E-state index is 3.58. The van der Waals surface area contributed by atoms with Gasteiger partial charge >= 0.3 is 0 Å². The number of aryl methyl sites for hydroxylation is 1. The van der Waals surface area contributed by atoms with Crippen LogP contribution in [-0.4, -0.2) is 6.54 Å². The van der Waals surface area contributed by atoms with Gasteiger partial charge in [0.15, 0.2) is 0 Å². The van der Waals surface area contributed by atoms with Crippen molar-refractivity contribution in [3.63, 3.8) is 0 Å². The van der Waals surface area contributed by atoms with Crippen molar-refractivity contribution >= 4 is 11.3 Å². The largest absolute Gasteiger partial charge is 0.311 e. The summed E-state index contributed by atoms with van der Waals surface area (Å²) in [7, 11) is 0. The Hall–Kier alpha value is -0.340. The smallest absolute Gasteiger partial charge is 0.0302 e. The minimum atomic E-state index is 0.602. The van der Waals surface area contributed by atoms with Crippen LogP contribution in [0.25, 0.3) is 0 Å². The van der Waals surface area contributed by atoms with Gasteiger partial charge in [-0.15, -0.1) is 11.3 Å². The van der Waals surface area contributed by atoms with Crippen molar-refractivity contribution in [3.8, 4) is 0 Å². The van der Waals surface area contributed by atoms with E-state index in [1.807, 2.05) is 11.3 Å². The van der Waals surface area contributed by atoms with Crippen molar-refractivity contribution in [2.45, 2.75) is 39.7 Å². The monoisotopic (exact) mass is 209 g/mol. The second-order valence-corrected chi connectivity index (χ2v) is 5.80. The molecule has 2 heteroatoms. The molecule has 14 heavy (non-hydrogen) atoms. The van der Waals surface area contributed by atoms with Crippen LogP contribution in [-0.2, 0) is 6.54 Å². The van der Waals surface area contributed by atoms with E-state index in [0.717, 1.165) is 6.54 Å². The van der Waals surface area contributed by atoms with Gasteiger partial charge in [0.2, 0.25) is 0 Å². The van der Waals surface area contributed by atoms with Gasteiger partial charge in [-0.1, -0.05) is 13.3 Å². The molecule has 0 amide bonds. The Balaban J connectivity index is 1.75. The maximum absolute atomic E-state index is 3.58. The van der Waals surface area contributed by atoms with Crippen molar-refractivity contribution in [2.24, 2.45) is 5.41 Å². The van der Waals surface area contributed by atoms with Crippen LogP contribution in [0.15, 0.2) is 11.4 Å². The first-order valence-electron chi connectivity index (χ1n) is 5.43. The highest BCUT2D eigenvalue weighted by atomic mass is 32.1. The molecule has 78 valence electrons. The molecule has 1 N–H and O–H groups in total. The van der Waals surface area contributed by atoms with Gasteiger partial charge in [0.25, 0.3) is 0 Å². The molecule has 0 unspecified atom stereocenters. The second kappa shape index (κ2) is 4.03. The summed E-state index contributed by atoms with van der Waals surface area (Å²) in [6.07, 6.45) is 4.24. The van der Waals surface area contributed by atoms with Gasteiger partial charge in [0, 0.05) is 18.0 Å². The Bertz CT molecular complexity index is 299. The fourth-order valence-corrected chi connectivity index (χ4v) is 2.90. The van der Waals surface area contributed by atoms with Crippen LogP contribution in [0.1, 0.15) is 36.6 Å². The number of nitrogens with one attached hydrogen (secondary N) is 1. The molecule has 0 radical (unpaired) electrons. The lowest BCUT2D eigenvalue weighted by atomic mass is 9.70. The summed E-state index contributed by atoms with van der Waals surface area (Å²) in [5.74, 6) is 0. The van der Waals surface area contributed by atoms with Gasteiger partial charge < -0.3 is 5.32 Å². The summed E-state index contributed by atoms with van der Waals surface area (Å²) in [4.78, 5) is 1.49. The van der Waals surface area contributed by atoms with Crippen molar-refractivity contribution in [1.29, 1.82) is 0 Å². The number of thiophene rings is 1.